The molecule has 0 radical (unpaired) electrons. The Morgan fingerprint density at radius 3 is 1.82 bits per heavy atom. The number of carbonyl (C=O) groups excluding carboxylic acids is 1. The molecule has 0 spiro atoms. The van der Waals surface area contributed by atoms with Gasteiger partial charge in [-0.2, -0.15) is 0 Å². The smallest absolute Gasteiger partial charge is 0.264 e. The van der Waals surface area contributed by atoms with Crippen LogP contribution in [0.1, 0.15) is 30.9 Å². The van der Waals surface area contributed by atoms with Crippen LogP contribution in [0.2, 0.25) is 0 Å². The number of aliphatic hydroxyl groups excluding tert-OH is 1. The molecule has 6 nitrogen and oxygen atoms in total. The number of hydrogen-bond acceptors (Lipinski definition) is 5. The Balaban J connectivity index is 2.09. The number of aliphatic hydroxyl groups is 1. The Hall–Kier alpha value is -2.22. The lowest BCUT2D eigenvalue weighted by molar-refractivity contribution is -0.131. The fraction of sp³-hybridized carbons (Fsp3) is 0.381. The van der Waals surface area contributed by atoms with Crippen molar-refractivity contribution in [2.45, 2.75) is 37.4 Å². The second-order valence-corrected chi connectivity index (χ2v) is 9.61. The maximum atomic E-state index is 12.0. The van der Waals surface area contributed by atoms with Gasteiger partial charge in [-0.3, -0.25) is 10.0 Å². The monoisotopic (exact) mass is 405 g/mol. The molecule has 0 aromatic heterocycles. The number of hydroxylamine groups is 1. The lowest BCUT2D eigenvalue weighted by atomic mass is 9.97. The molecule has 0 fully saturated rings. The van der Waals surface area contributed by atoms with Gasteiger partial charge < -0.3 is 5.11 Å². The lowest BCUT2D eigenvalue weighted by Crippen LogP contribution is -2.49. The molecule has 2 aromatic carbocycles. The third-order valence-electron chi connectivity index (χ3n) is 5.16. The van der Waals surface area contributed by atoms with Crippen LogP contribution in [0.25, 0.3) is 11.1 Å². The quantitative estimate of drug-likeness (QED) is 0.439. The van der Waals surface area contributed by atoms with Gasteiger partial charge in [0.2, 0.25) is 0 Å². The van der Waals surface area contributed by atoms with Crippen molar-refractivity contribution in [3.63, 3.8) is 0 Å². The number of nitrogens with one attached hydrogen (secondary N) is 1. The van der Waals surface area contributed by atoms with Gasteiger partial charge in [0.15, 0.2) is 9.84 Å². The molecule has 1 amide bonds. The molecule has 0 aliphatic carbocycles. The van der Waals surface area contributed by atoms with Crippen LogP contribution in [0.4, 0.5) is 0 Å². The predicted octanol–water partition coefficient (Wildman–Crippen LogP) is 2.52. The van der Waals surface area contributed by atoms with Crippen molar-refractivity contribution in [1.82, 2.24) is 5.48 Å². The number of carbonyl (C=O) groups is 1. The van der Waals surface area contributed by atoms with Gasteiger partial charge in [0.05, 0.1) is 0 Å². The van der Waals surface area contributed by atoms with Crippen LogP contribution in [-0.4, -0.2) is 42.2 Å². The highest BCUT2D eigenvalue weighted by molar-refractivity contribution is 7.92. The maximum Gasteiger partial charge on any atom is 0.264 e. The molecule has 0 heterocycles. The average molecular weight is 406 g/mol. The van der Waals surface area contributed by atoms with E-state index < -0.39 is 20.5 Å². The van der Waals surface area contributed by atoms with Gasteiger partial charge in [0, 0.05) is 12.9 Å². The van der Waals surface area contributed by atoms with E-state index in [1.165, 1.54) is 18.0 Å². The van der Waals surface area contributed by atoms with Crippen molar-refractivity contribution in [2.75, 3.05) is 12.9 Å². The Labute approximate surface area is 166 Å². The van der Waals surface area contributed by atoms with Gasteiger partial charge in [-0.25, -0.2) is 13.9 Å². The second kappa shape index (κ2) is 9.32. The Morgan fingerprint density at radius 2 is 1.43 bits per heavy atom. The summed E-state index contributed by atoms with van der Waals surface area (Å²) in [5.74, 6) is -0.923. The number of benzene rings is 2. The van der Waals surface area contributed by atoms with Crippen molar-refractivity contribution in [2.24, 2.45) is 0 Å². The zero-order chi connectivity index (χ0) is 20.8. The van der Waals surface area contributed by atoms with E-state index in [4.69, 9.17) is 10.3 Å². The van der Waals surface area contributed by atoms with Crippen LogP contribution in [0, 0.1) is 0 Å². The first kappa shape index (κ1) is 22.1. The minimum atomic E-state index is -3.70. The largest absolute Gasteiger partial charge is 0.396 e. The van der Waals surface area contributed by atoms with E-state index in [0.29, 0.717) is 6.42 Å². The molecule has 2 aromatic rings. The Kier molecular flexibility index (Phi) is 7.35. The molecular weight excluding hydrogens is 378 g/mol. The van der Waals surface area contributed by atoms with Crippen LogP contribution in [0.5, 0.6) is 0 Å². The number of hydrogen-bond donors (Lipinski definition) is 3. The normalized spacial score (nSPS) is 13.7. The molecule has 7 heteroatoms. The molecule has 0 aliphatic rings. The summed E-state index contributed by atoms with van der Waals surface area (Å²) in [5.41, 5.74) is 5.66. The van der Waals surface area contributed by atoms with Crippen molar-refractivity contribution < 1.29 is 23.5 Å². The van der Waals surface area contributed by atoms with Gasteiger partial charge in [0.1, 0.15) is 4.75 Å². The van der Waals surface area contributed by atoms with Gasteiger partial charge in [0.25, 0.3) is 5.91 Å². The highest BCUT2D eigenvalue weighted by atomic mass is 32.2. The average Bonchev–Trinajstić information content (AvgIpc) is 2.69. The zero-order valence-corrected chi connectivity index (χ0v) is 17.0. The fourth-order valence-corrected chi connectivity index (χ4v) is 3.83. The maximum absolute atomic E-state index is 12.0. The Morgan fingerprint density at radius 1 is 0.964 bits per heavy atom. The van der Waals surface area contributed by atoms with E-state index in [-0.39, 0.29) is 13.0 Å². The van der Waals surface area contributed by atoms with Crippen LogP contribution in [0.3, 0.4) is 0 Å². The number of amides is 1. The van der Waals surface area contributed by atoms with E-state index in [0.717, 1.165) is 35.8 Å². The molecule has 0 saturated carbocycles. The molecule has 0 saturated heterocycles. The SMILES string of the molecule is CC(CCc1ccc(-c2ccc(CCCO)cc2)cc1)(C(=O)NO)S(C)(=O)=O. The summed E-state index contributed by atoms with van der Waals surface area (Å²) in [7, 11) is -3.70. The van der Waals surface area contributed by atoms with E-state index in [1.54, 1.807) is 0 Å². The number of rotatable bonds is 9. The first-order chi connectivity index (χ1) is 13.2. The highest BCUT2D eigenvalue weighted by Gasteiger charge is 2.43. The topological polar surface area (TPSA) is 104 Å². The van der Waals surface area contributed by atoms with Gasteiger partial charge in [-0.05, 0) is 54.9 Å². The first-order valence-corrected chi connectivity index (χ1v) is 11.0. The second-order valence-electron chi connectivity index (χ2n) is 7.16. The third-order valence-corrected chi connectivity index (χ3v) is 7.18. The van der Waals surface area contributed by atoms with E-state index in [1.807, 2.05) is 48.5 Å². The summed E-state index contributed by atoms with van der Waals surface area (Å²) in [4.78, 5) is 11.9. The van der Waals surface area contributed by atoms with Crippen LogP contribution in [-0.2, 0) is 27.5 Å². The molecule has 0 aliphatic heterocycles. The van der Waals surface area contributed by atoms with Crippen molar-refractivity contribution >= 4 is 15.7 Å². The molecule has 0 bridgehead atoms. The van der Waals surface area contributed by atoms with E-state index in [9.17, 15) is 13.2 Å². The molecule has 1 unspecified atom stereocenters. The predicted molar refractivity (Wildman–Crippen MR) is 109 cm³/mol. The fourth-order valence-electron chi connectivity index (χ4n) is 2.98. The van der Waals surface area contributed by atoms with Crippen LogP contribution >= 0.6 is 0 Å². The molecule has 2 rings (SSSR count). The summed E-state index contributed by atoms with van der Waals surface area (Å²) < 4.78 is 22.4. The van der Waals surface area contributed by atoms with Gasteiger partial charge >= 0.3 is 0 Å². The highest BCUT2D eigenvalue weighted by Crippen LogP contribution is 2.25. The Bertz CT molecular complexity index is 891. The van der Waals surface area contributed by atoms with E-state index in [2.05, 4.69) is 0 Å². The lowest BCUT2D eigenvalue weighted by Gasteiger charge is -2.25. The van der Waals surface area contributed by atoms with Crippen molar-refractivity contribution in [3.8, 4) is 11.1 Å². The minimum Gasteiger partial charge on any atom is -0.396 e. The molecule has 28 heavy (non-hydrogen) atoms. The summed E-state index contributed by atoms with van der Waals surface area (Å²) >= 11 is 0. The van der Waals surface area contributed by atoms with Crippen LogP contribution in [0.15, 0.2) is 48.5 Å². The summed E-state index contributed by atoms with van der Waals surface area (Å²) in [5, 5.41) is 17.8. The van der Waals surface area contributed by atoms with Crippen molar-refractivity contribution in [3.05, 3.63) is 59.7 Å². The summed E-state index contributed by atoms with van der Waals surface area (Å²) in [6, 6.07) is 15.9. The molecular formula is C21H27NO5S. The minimum absolute atomic E-state index is 0.0666. The van der Waals surface area contributed by atoms with E-state index >= 15 is 0 Å². The standard InChI is InChI=1S/C21H27NO5S/c1-21(20(24)22-25,28(2,26)27)14-13-17-7-11-19(12-8-17)18-9-5-16(6-10-18)4-3-15-23/h5-12,23,25H,3-4,13-15H2,1-2H3,(H,22,24). The van der Waals surface area contributed by atoms with Gasteiger partial charge in [-0.15, -0.1) is 0 Å². The van der Waals surface area contributed by atoms with Crippen molar-refractivity contribution in [1.29, 1.82) is 0 Å². The van der Waals surface area contributed by atoms with Gasteiger partial charge in [-0.1, -0.05) is 48.5 Å². The summed E-state index contributed by atoms with van der Waals surface area (Å²) in [6.07, 6.45) is 3.04. The molecule has 152 valence electrons. The summed E-state index contributed by atoms with van der Waals surface area (Å²) in [6.45, 7) is 1.50. The number of aryl methyl sites for hydroxylation is 2. The third kappa shape index (κ3) is 5.19. The number of sulfone groups is 1. The zero-order valence-electron chi connectivity index (χ0n) is 16.2. The first-order valence-electron chi connectivity index (χ1n) is 9.14. The molecule has 1 atom stereocenters. The molecule has 3 N–H and O–H groups in total. The van der Waals surface area contributed by atoms with Crippen LogP contribution < -0.4 is 5.48 Å².